The third-order valence-electron chi connectivity index (χ3n) is 3.11. The average molecular weight is 308 g/mol. The topological polar surface area (TPSA) is 92.3 Å². The van der Waals surface area contributed by atoms with Gasteiger partial charge in [0.2, 0.25) is 0 Å². The Bertz CT molecular complexity index is 886. The van der Waals surface area contributed by atoms with Crippen molar-refractivity contribution in [2.24, 2.45) is 0 Å². The summed E-state index contributed by atoms with van der Waals surface area (Å²) in [5.74, 6) is -0.641. The molecule has 0 unspecified atom stereocenters. The summed E-state index contributed by atoms with van der Waals surface area (Å²) in [6.07, 6.45) is 0. The van der Waals surface area contributed by atoms with Crippen LogP contribution in [0.15, 0.2) is 65.5 Å². The molecule has 0 aliphatic heterocycles. The predicted octanol–water partition coefficient (Wildman–Crippen LogP) is 2.93. The average Bonchev–Trinajstić information content (AvgIpc) is 2.55. The van der Waals surface area contributed by atoms with Crippen molar-refractivity contribution in [3.8, 4) is 23.0 Å². The normalized spacial score (nSPS) is 10.3. The fraction of sp³-hybridized carbons (Fsp3) is 0. The van der Waals surface area contributed by atoms with E-state index in [0.29, 0.717) is 11.4 Å². The summed E-state index contributed by atoms with van der Waals surface area (Å²) in [5, 5.41) is 8.86. The van der Waals surface area contributed by atoms with Gasteiger partial charge >= 0.3 is 12.0 Å². The van der Waals surface area contributed by atoms with Crippen molar-refractivity contribution in [3.63, 3.8) is 0 Å². The zero-order valence-electron chi connectivity index (χ0n) is 11.9. The van der Waals surface area contributed by atoms with Gasteiger partial charge in [-0.1, -0.05) is 30.3 Å². The molecule has 0 amide bonds. The molecule has 0 saturated carbocycles. The van der Waals surface area contributed by atoms with Gasteiger partial charge in [-0.05, 0) is 24.3 Å². The molecule has 0 bridgehead atoms. The van der Waals surface area contributed by atoms with Crippen LogP contribution in [0.2, 0.25) is 0 Å². The summed E-state index contributed by atoms with van der Waals surface area (Å²) in [6.45, 7) is 0. The standard InChI is InChI=1S/C17H12N2O4/c20-15-10-14(11-4-2-1-3-5-11)18-17(19-15)23-13-8-6-12(7-9-13)16(21)22/h1-10H,(H,21,22)(H,18,19,20). The molecular formula is C17H12N2O4. The van der Waals surface area contributed by atoms with Crippen molar-refractivity contribution in [2.45, 2.75) is 0 Å². The summed E-state index contributed by atoms with van der Waals surface area (Å²) < 4.78 is 5.50. The number of ether oxygens (including phenoxy) is 1. The molecule has 23 heavy (non-hydrogen) atoms. The van der Waals surface area contributed by atoms with Crippen LogP contribution in [0.3, 0.4) is 0 Å². The Kier molecular flexibility index (Phi) is 3.88. The molecule has 1 heterocycles. The van der Waals surface area contributed by atoms with E-state index in [4.69, 9.17) is 9.84 Å². The van der Waals surface area contributed by atoms with Gasteiger partial charge in [0.1, 0.15) is 5.75 Å². The van der Waals surface area contributed by atoms with Crippen LogP contribution < -0.4 is 10.3 Å². The number of carboxylic acid groups (broad SMARTS) is 1. The molecule has 6 nitrogen and oxygen atoms in total. The number of H-pyrrole nitrogens is 1. The summed E-state index contributed by atoms with van der Waals surface area (Å²) in [7, 11) is 0. The van der Waals surface area contributed by atoms with Crippen LogP contribution in [-0.2, 0) is 0 Å². The predicted molar refractivity (Wildman–Crippen MR) is 83.8 cm³/mol. The first-order chi connectivity index (χ1) is 11.1. The van der Waals surface area contributed by atoms with E-state index in [1.54, 1.807) is 0 Å². The smallest absolute Gasteiger partial charge is 0.335 e. The third-order valence-corrected chi connectivity index (χ3v) is 3.11. The van der Waals surface area contributed by atoms with Gasteiger partial charge in [-0.15, -0.1) is 0 Å². The number of rotatable bonds is 4. The van der Waals surface area contributed by atoms with Crippen LogP contribution >= 0.6 is 0 Å². The summed E-state index contributed by atoms with van der Waals surface area (Å²) in [5.41, 5.74) is 1.10. The molecule has 3 rings (SSSR count). The van der Waals surface area contributed by atoms with Crippen LogP contribution in [0.25, 0.3) is 11.3 Å². The van der Waals surface area contributed by atoms with E-state index in [1.165, 1.54) is 30.3 Å². The Labute approximate surface area is 131 Å². The lowest BCUT2D eigenvalue weighted by molar-refractivity contribution is 0.0697. The first-order valence-corrected chi connectivity index (χ1v) is 6.80. The van der Waals surface area contributed by atoms with Crippen molar-refractivity contribution >= 4 is 5.97 Å². The first-order valence-electron chi connectivity index (χ1n) is 6.80. The molecule has 2 N–H and O–H groups in total. The summed E-state index contributed by atoms with van der Waals surface area (Å²) in [4.78, 5) is 29.3. The maximum absolute atomic E-state index is 11.8. The highest BCUT2D eigenvalue weighted by Gasteiger charge is 2.07. The van der Waals surface area contributed by atoms with Crippen molar-refractivity contribution in [3.05, 3.63) is 76.6 Å². The zero-order chi connectivity index (χ0) is 16.2. The van der Waals surface area contributed by atoms with Gasteiger partial charge < -0.3 is 9.84 Å². The summed E-state index contributed by atoms with van der Waals surface area (Å²) >= 11 is 0. The van der Waals surface area contributed by atoms with Crippen LogP contribution in [0, 0.1) is 0 Å². The van der Waals surface area contributed by atoms with Crippen molar-refractivity contribution in [2.75, 3.05) is 0 Å². The maximum Gasteiger partial charge on any atom is 0.335 e. The van der Waals surface area contributed by atoms with E-state index in [0.717, 1.165) is 5.56 Å². The van der Waals surface area contributed by atoms with Crippen molar-refractivity contribution < 1.29 is 14.6 Å². The molecule has 2 aromatic carbocycles. The molecule has 0 saturated heterocycles. The fourth-order valence-corrected chi connectivity index (χ4v) is 2.02. The van der Waals surface area contributed by atoms with Crippen molar-refractivity contribution in [1.29, 1.82) is 0 Å². The number of hydrogen-bond acceptors (Lipinski definition) is 4. The molecule has 114 valence electrons. The first kappa shape index (κ1) is 14.5. The van der Waals surface area contributed by atoms with Gasteiger partial charge in [0.25, 0.3) is 5.56 Å². The van der Waals surface area contributed by atoms with Crippen LogP contribution in [0.4, 0.5) is 0 Å². The number of carboxylic acids is 1. The minimum atomic E-state index is -1.02. The highest BCUT2D eigenvalue weighted by atomic mass is 16.5. The van der Waals surface area contributed by atoms with Gasteiger partial charge in [0.15, 0.2) is 0 Å². The molecule has 0 spiro atoms. The van der Waals surface area contributed by atoms with Crippen LogP contribution in [0.5, 0.6) is 11.8 Å². The number of carbonyl (C=O) groups is 1. The molecule has 0 aliphatic carbocycles. The Balaban J connectivity index is 1.90. The SMILES string of the molecule is O=C(O)c1ccc(Oc2nc(-c3ccccc3)cc(=O)[nH]2)cc1. The minimum Gasteiger partial charge on any atom is -0.478 e. The molecule has 0 atom stereocenters. The number of aromatic carboxylic acids is 1. The molecule has 6 heteroatoms. The minimum absolute atomic E-state index is 0.0411. The Morgan fingerprint density at radius 1 is 1.04 bits per heavy atom. The molecular weight excluding hydrogens is 296 g/mol. The molecule has 1 aromatic heterocycles. The van der Waals surface area contributed by atoms with E-state index in [-0.39, 0.29) is 17.1 Å². The lowest BCUT2D eigenvalue weighted by atomic mass is 10.1. The second kappa shape index (κ2) is 6.15. The monoisotopic (exact) mass is 308 g/mol. The molecule has 0 fully saturated rings. The largest absolute Gasteiger partial charge is 0.478 e. The van der Waals surface area contributed by atoms with Gasteiger partial charge in [-0.2, -0.15) is 4.98 Å². The van der Waals surface area contributed by atoms with E-state index in [9.17, 15) is 9.59 Å². The van der Waals surface area contributed by atoms with Gasteiger partial charge in [0.05, 0.1) is 11.3 Å². The van der Waals surface area contributed by atoms with Crippen molar-refractivity contribution in [1.82, 2.24) is 9.97 Å². The molecule has 0 radical (unpaired) electrons. The Morgan fingerprint density at radius 3 is 2.39 bits per heavy atom. The lowest BCUT2D eigenvalue weighted by Crippen LogP contribution is -2.08. The number of hydrogen-bond donors (Lipinski definition) is 2. The Morgan fingerprint density at radius 2 is 1.74 bits per heavy atom. The number of aromatic nitrogens is 2. The highest BCUT2D eigenvalue weighted by Crippen LogP contribution is 2.21. The highest BCUT2D eigenvalue weighted by molar-refractivity contribution is 5.87. The third kappa shape index (κ3) is 3.44. The number of aromatic amines is 1. The fourth-order valence-electron chi connectivity index (χ4n) is 2.02. The number of nitrogens with one attached hydrogen (secondary N) is 1. The zero-order valence-corrected chi connectivity index (χ0v) is 11.9. The van der Waals surface area contributed by atoms with E-state index in [1.807, 2.05) is 30.3 Å². The van der Waals surface area contributed by atoms with E-state index in [2.05, 4.69) is 9.97 Å². The summed E-state index contributed by atoms with van der Waals surface area (Å²) in [6, 6.07) is 16.5. The molecule has 0 aliphatic rings. The van der Waals surface area contributed by atoms with Gasteiger partial charge in [0, 0.05) is 11.6 Å². The quantitative estimate of drug-likeness (QED) is 0.773. The molecule has 3 aromatic rings. The number of nitrogens with zero attached hydrogens (tertiary/aromatic N) is 1. The van der Waals surface area contributed by atoms with Crippen LogP contribution in [-0.4, -0.2) is 21.0 Å². The van der Waals surface area contributed by atoms with Gasteiger partial charge in [-0.25, -0.2) is 4.79 Å². The second-order valence-electron chi connectivity index (χ2n) is 4.73. The van der Waals surface area contributed by atoms with E-state index < -0.39 is 5.97 Å². The maximum atomic E-state index is 11.8. The van der Waals surface area contributed by atoms with E-state index >= 15 is 0 Å². The lowest BCUT2D eigenvalue weighted by Gasteiger charge is -2.06. The Hall–Kier alpha value is -3.41. The van der Waals surface area contributed by atoms with Gasteiger partial charge in [-0.3, -0.25) is 9.78 Å². The second-order valence-corrected chi connectivity index (χ2v) is 4.73. The van der Waals surface area contributed by atoms with Crippen LogP contribution in [0.1, 0.15) is 10.4 Å². The number of benzene rings is 2.